The maximum Gasteiger partial charge on any atom is 0.323 e. The zero-order chi connectivity index (χ0) is 12.5. The van der Waals surface area contributed by atoms with E-state index < -0.39 is 0 Å². The monoisotopic (exact) mass is 241 g/mol. The van der Waals surface area contributed by atoms with Crippen LogP contribution in [-0.2, 0) is 0 Å². The predicted molar refractivity (Wildman–Crippen MR) is 65.4 cm³/mol. The number of hydrogen-bond donors (Lipinski definition) is 3. The second-order valence-corrected chi connectivity index (χ2v) is 3.23. The van der Waals surface area contributed by atoms with E-state index in [1.165, 1.54) is 0 Å². The highest BCUT2D eigenvalue weighted by Crippen LogP contribution is 2.10. The molecule has 0 amide bonds. The molecule has 96 valence electrons. The Hall–Kier alpha value is -1.63. The summed E-state index contributed by atoms with van der Waals surface area (Å²) in [7, 11) is 0. The molecule has 0 fully saturated rings. The number of rotatable bonds is 8. The molecule has 3 N–H and O–H groups in total. The average Bonchev–Trinajstić information content (AvgIpc) is 2.30. The van der Waals surface area contributed by atoms with Crippen LogP contribution in [0.25, 0.3) is 0 Å². The molecular formula is C10H19N5O2. The van der Waals surface area contributed by atoms with E-state index in [4.69, 9.17) is 9.84 Å². The molecule has 0 aromatic carbocycles. The number of ether oxygens (including phenoxy) is 1. The van der Waals surface area contributed by atoms with Gasteiger partial charge >= 0.3 is 6.01 Å². The Morgan fingerprint density at radius 1 is 1.12 bits per heavy atom. The lowest BCUT2D eigenvalue weighted by atomic mass is 10.4. The molecule has 0 unspecified atom stereocenters. The van der Waals surface area contributed by atoms with Crippen molar-refractivity contribution in [1.29, 1.82) is 0 Å². The van der Waals surface area contributed by atoms with E-state index in [1.807, 2.05) is 13.8 Å². The van der Waals surface area contributed by atoms with Gasteiger partial charge in [-0.2, -0.15) is 15.0 Å². The first-order valence-corrected chi connectivity index (χ1v) is 5.77. The van der Waals surface area contributed by atoms with Gasteiger partial charge in [0.2, 0.25) is 11.9 Å². The third kappa shape index (κ3) is 4.81. The van der Waals surface area contributed by atoms with Gasteiger partial charge in [-0.15, -0.1) is 0 Å². The topological polar surface area (TPSA) is 92.2 Å². The van der Waals surface area contributed by atoms with Crippen molar-refractivity contribution in [1.82, 2.24) is 15.0 Å². The molecule has 1 rings (SSSR count). The lowest BCUT2D eigenvalue weighted by Crippen LogP contribution is -2.12. The molecule has 17 heavy (non-hydrogen) atoms. The van der Waals surface area contributed by atoms with E-state index in [9.17, 15) is 0 Å². The lowest BCUT2D eigenvalue weighted by molar-refractivity contribution is 0.292. The standard InChI is InChI=1S/C10H19N5O2/c1-3-11-8-13-9(12-6-5-7-16)15-10(14-8)17-4-2/h16H,3-7H2,1-2H3,(H2,11,12,13,14,15). The summed E-state index contributed by atoms with van der Waals surface area (Å²) >= 11 is 0. The third-order valence-electron chi connectivity index (χ3n) is 1.84. The third-order valence-corrected chi connectivity index (χ3v) is 1.84. The van der Waals surface area contributed by atoms with Crippen molar-refractivity contribution in [2.75, 3.05) is 36.9 Å². The number of hydrogen-bond acceptors (Lipinski definition) is 7. The second kappa shape index (κ2) is 7.61. The van der Waals surface area contributed by atoms with E-state index in [1.54, 1.807) is 0 Å². The highest BCUT2D eigenvalue weighted by Gasteiger charge is 2.05. The second-order valence-electron chi connectivity index (χ2n) is 3.23. The Balaban J connectivity index is 2.72. The number of aromatic nitrogens is 3. The Kier molecular flexibility index (Phi) is 6.02. The van der Waals surface area contributed by atoms with Gasteiger partial charge in [-0.25, -0.2) is 0 Å². The number of anilines is 2. The molecule has 0 saturated heterocycles. The van der Waals surface area contributed by atoms with Crippen LogP contribution in [0.15, 0.2) is 0 Å². The fourth-order valence-electron chi connectivity index (χ4n) is 1.15. The molecule has 0 radical (unpaired) electrons. The molecule has 0 aliphatic heterocycles. The van der Waals surface area contributed by atoms with Crippen LogP contribution in [0, 0.1) is 0 Å². The summed E-state index contributed by atoms with van der Waals surface area (Å²) in [5, 5.41) is 14.7. The summed E-state index contributed by atoms with van der Waals surface area (Å²) < 4.78 is 5.25. The minimum atomic E-state index is 0.135. The number of nitrogens with zero attached hydrogens (tertiary/aromatic N) is 3. The lowest BCUT2D eigenvalue weighted by Gasteiger charge is -2.08. The average molecular weight is 241 g/mol. The van der Waals surface area contributed by atoms with E-state index >= 15 is 0 Å². The van der Waals surface area contributed by atoms with Crippen molar-refractivity contribution in [3.8, 4) is 6.01 Å². The van der Waals surface area contributed by atoms with Crippen molar-refractivity contribution in [2.24, 2.45) is 0 Å². The van der Waals surface area contributed by atoms with Gasteiger partial charge in [0, 0.05) is 19.7 Å². The molecule has 0 aliphatic carbocycles. The van der Waals surface area contributed by atoms with Gasteiger partial charge in [-0.3, -0.25) is 0 Å². The summed E-state index contributed by atoms with van der Waals surface area (Å²) in [5.74, 6) is 0.935. The Morgan fingerprint density at radius 2 is 1.82 bits per heavy atom. The predicted octanol–water partition coefficient (Wildman–Crippen LogP) is 0.496. The molecule has 1 aromatic rings. The largest absolute Gasteiger partial charge is 0.464 e. The molecular weight excluding hydrogens is 222 g/mol. The molecule has 1 aromatic heterocycles. The quantitative estimate of drug-likeness (QED) is 0.570. The highest BCUT2D eigenvalue weighted by molar-refractivity contribution is 5.35. The summed E-state index contributed by atoms with van der Waals surface area (Å²) in [6.45, 7) is 5.81. The van der Waals surface area contributed by atoms with E-state index in [0.29, 0.717) is 37.5 Å². The van der Waals surface area contributed by atoms with Crippen LogP contribution < -0.4 is 15.4 Å². The van der Waals surface area contributed by atoms with Crippen molar-refractivity contribution in [3.63, 3.8) is 0 Å². The van der Waals surface area contributed by atoms with Crippen molar-refractivity contribution in [3.05, 3.63) is 0 Å². The molecule has 7 nitrogen and oxygen atoms in total. The molecule has 1 heterocycles. The molecule has 7 heteroatoms. The van der Waals surface area contributed by atoms with Crippen molar-refractivity contribution in [2.45, 2.75) is 20.3 Å². The summed E-state index contributed by atoms with van der Waals surface area (Å²) in [6, 6.07) is 0.296. The van der Waals surface area contributed by atoms with Gasteiger partial charge in [-0.1, -0.05) is 0 Å². The van der Waals surface area contributed by atoms with Crippen LogP contribution in [0.5, 0.6) is 6.01 Å². The summed E-state index contributed by atoms with van der Waals surface area (Å²) in [6.07, 6.45) is 0.645. The normalized spacial score (nSPS) is 10.1. The van der Waals surface area contributed by atoms with Crippen LogP contribution >= 0.6 is 0 Å². The SMILES string of the molecule is CCNc1nc(NCCCO)nc(OCC)n1. The van der Waals surface area contributed by atoms with E-state index in [-0.39, 0.29) is 6.61 Å². The minimum absolute atomic E-state index is 0.135. The Bertz CT molecular complexity index is 310. The van der Waals surface area contributed by atoms with Gasteiger partial charge in [-0.05, 0) is 20.3 Å². The molecule has 0 atom stereocenters. The maximum atomic E-state index is 8.69. The van der Waals surface area contributed by atoms with Gasteiger partial charge < -0.3 is 20.5 Å². The Labute approximate surface area is 101 Å². The minimum Gasteiger partial charge on any atom is -0.464 e. The number of aliphatic hydroxyl groups excluding tert-OH is 1. The maximum absolute atomic E-state index is 8.69. The van der Waals surface area contributed by atoms with Crippen LogP contribution in [0.4, 0.5) is 11.9 Å². The fraction of sp³-hybridized carbons (Fsp3) is 0.700. The molecule has 0 aliphatic rings. The first kappa shape index (κ1) is 13.4. The van der Waals surface area contributed by atoms with Gasteiger partial charge in [0.25, 0.3) is 0 Å². The molecule has 0 spiro atoms. The number of aliphatic hydroxyl groups is 1. The van der Waals surface area contributed by atoms with Crippen LogP contribution in [0.2, 0.25) is 0 Å². The first-order valence-electron chi connectivity index (χ1n) is 5.77. The molecule has 0 saturated carbocycles. The summed E-state index contributed by atoms with van der Waals surface area (Å²) in [5.41, 5.74) is 0. The summed E-state index contributed by atoms with van der Waals surface area (Å²) in [4.78, 5) is 12.4. The van der Waals surface area contributed by atoms with Gasteiger partial charge in [0.15, 0.2) is 0 Å². The Morgan fingerprint density at radius 3 is 2.41 bits per heavy atom. The fourth-order valence-corrected chi connectivity index (χ4v) is 1.15. The van der Waals surface area contributed by atoms with E-state index in [0.717, 1.165) is 6.54 Å². The van der Waals surface area contributed by atoms with Crippen LogP contribution in [-0.4, -0.2) is 46.4 Å². The number of nitrogens with one attached hydrogen (secondary N) is 2. The van der Waals surface area contributed by atoms with Crippen LogP contribution in [0.1, 0.15) is 20.3 Å². The zero-order valence-corrected chi connectivity index (χ0v) is 10.2. The van der Waals surface area contributed by atoms with Crippen LogP contribution in [0.3, 0.4) is 0 Å². The van der Waals surface area contributed by atoms with Gasteiger partial charge in [0.1, 0.15) is 0 Å². The van der Waals surface area contributed by atoms with Crippen molar-refractivity contribution >= 4 is 11.9 Å². The van der Waals surface area contributed by atoms with Gasteiger partial charge in [0.05, 0.1) is 6.61 Å². The molecule has 0 bridgehead atoms. The first-order chi connectivity index (χ1) is 8.30. The van der Waals surface area contributed by atoms with E-state index in [2.05, 4.69) is 25.6 Å². The zero-order valence-electron chi connectivity index (χ0n) is 10.2. The van der Waals surface area contributed by atoms with Crippen molar-refractivity contribution < 1.29 is 9.84 Å². The smallest absolute Gasteiger partial charge is 0.323 e. The highest BCUT2D eigenvalue weighted by atomic mass is 16.5.